The number of carboxylic acid groups (broad SMARTS) is 1. The van der Waals surface area contributed by atoms with E-state index in [1.165, 1.54) is 27.8 Å². The average molecular weight is 406 g/mol. The zero-order valence-corrected chi connectivity index (χ0v) is 16.0. The van der Waals surface area contributed by atoms with Gasteiger partial charge in [0.05, 0.1) is 12.0 Å². The summed E-state index contributed by atoms with van der Waals surface area (Å²) in [5.41, 5.74) is 1.40. The van der Waals surface area contributed by atoms with E-state index in [9.17, 15) is 14.4 Å². The van der Waals surface area contributed by atoms with Crippen molar-refractivity contribution in [3.05, 3.63) is 59.9 Å². The summed E-state index contributed by atoms with van der Waals surface area (Å²) in [5.74, 6) is -0.133. The van der Waals surface area contributed by atoms with Crippen molar-refractivity contribution in [3.63, 3.8) is 0 Å². The topological polar surface area (TPSA) is 108 Å². The maximum absolute atomic E-state index is 12.2. The molecule has 2 amide bonds. The van der Waals surface area contributed by atoms with Crippen molar-refractivity contribution < 1.29 is 19.5 Å². The fourth-order valence-electron chi connectivity index (χ4n) is 1.99. The second kappa shape index (κ2) is 11.2. The summed E-state index contributed by atoms with van der Waals surface area (Å²) >= 11 is 0. The fourth-order valence-corrected chi connectivity index (χ4v) is 3.88. The minimum atomic E-state index is -0.813. The number of nitrogens with zero attached hydrogens (tertiary/aromatic N) is 1. The van der Waals surface area contributed by atoms with Crippen LogP contribution in [0.1, 0.15) is 27.1 Å². The van der Waals surface area contributed by atoms with Crippen LogP contribution < -0.4 is 10.6 Å². The van der Waals surface area contributed by atoms with Crippen LogP contribution >= 0.6 is 21.6 Å². The summed E-state index contributed by atoms with van der Waals surface area (Å²) in [5, 5.41) is 14.1. The molecule has 0 saturated heterocycles. The number of carboxylic acids is 1. The van der Waals surface area contributed by atoms with Crippen molar-refractivity contribution in [1.82, 2.24) is 10.3 Å². The van der Waals surface area contributed by atoms with Gasteiger partial charge in [0.25, 0.3) is 11.8 Å². The van der Waals surface area contributed by atoms with E-state index in [4.69, 9.17) is 5.11 Å². The highest BCUT2D eigenvalue weighted by Crippen LogP contribution is 2.21. The van der Waals surface area contributed by atoms with Gasteiger partial charge in [0.15, 0.2) is 0 Å². The van der Waals surface area contributed by atoms with Crippen LogP contribution in [0.25, 0.3) is 0 Å². The normalized spacial score (nSPS) is 10.2. The molecule has 0 radical (unpaired) electrons. The summed E-state index contributed by atoms with van der Waals surface area (Å²) in [6, 6.07) is 10.0. The maximum atomic E-state index is 12.2. The van der Waals surface area contributed by atoms with E-state index in [0.717, 1.165) is 0 Å². The minimum absolute atomic E-state index is 0.127. The third-order valence-corrected chi connectivity index (χ3v) is 5.67. The molecule has 142 valence electrons. The third kappa shape index (κ3) is 7.71. The van der Waals surface area contributed by atoms with Crippen LogP contribution in [0.5, 0.6) is 0 Å². The highest BCUT2D eigenvalue weighted by atomic mass is 33.1. The molecule has 7 nitrogen and oxygen atoms in total. The lowest BCUT2D eigenvalue weighted by Crippen LogP contribution is -2.25. The summed E-state index contributed by atoms with van der Waals surface area (Å²) in [4.78, 5) is 38.6. The fraction of sp³-hybridized carbons (Fsp3) is 0.222. The first-order valence-corrected chi connectivity index (χ1v) is 10.6. The second-order valence-corrected chi connectivity index (χ2v) is 8.02. The first-order chi connectivity index (χ1) is 13.1. The van der Waals surface area contributed by atoms with Crippen LogP contribution in [0.15, 0.2) is 48.8 Å². The van der Waals surface area contributed by atoms with Crippen LogP contribution in [0.4, 0.5) is 5.69 Å². The number of anilines is 1. The maximum Gasteiger partial charge on any atom is 0.304 e. The molecule has 0 fully saturated rings. The van der Waals surface area contributed by atoms with E-state index >= 15 is 0 Å². The molecule has 27 heavy (non-hydrogen) atoms. The van der Waals surface area contributed by atoms with Crippen molar-refractivity contribution in [2.24, 2.45) is 0 Å². The predicted octanol–water partition coefficient (Wildman–Crippen LogP) is 2.92. The number of carbonyl (C=O) groups is 3. The Labute approximate surface area is 164 Å². The van der Waals surface area contributed by atoms with Gasteiger partial charge in [-0.3, -0.25) is 19.4 Å². The van der Waals surface area contributed by atoms with Gasteiger partial charge in [-0.15, -0.1) is 0 Å². The quantitative estimate of drug-likeness (QED) is 0.412. The molecular weight excluding hydrogens is 386 g/mol. The molecule has 2 aromatic rings. The van der Waals surface area contributed by atoms with Crippen molar-refractivity contribution in [2.45, 2.75) is 6.42 Å². The predicted molar refractivity (Wildman–Crippen MR) is 108 cm³/mol. The summed E-state index contributed by atoms with van der Waals surface area (Å²) in [6.07, 6.45) is 3.18. The molecule has 0 spiro atoms. The van der Waals surface area contributed by atoms with Crippen LogP contribution in [0.3, 0.4) is 0 Å². The van der Waals surface area contributed by atoms with E-state index in [2.05, 4.69) is 15.6 Å². The Morgan fingerprint density at radius 3 is 2.52 bits per heavy atom. The van der Waals surface area contributed by atoms with Gasteiger partial charge in [-0.25, -0.2) is 0 Å². The molecule has 0 aliphatic heterocycles. The zero-order valence-electron chi connectivity index (χ0n) is 14.4. The second-order valence-electron chi connectivity index (χ2n) is 5.32. The van der Waals surface area contributed by atoms with E-state index < -0.39 is 5.97 Å². The Hall–Kier alpha value is -2.52. The highest BCUT2D eigenvalue weighted by molar-refractivity contribution is 8.76. The summed E-state index contributed by atoms with van der Waals surface area (Å²) in [6.45, 7) is 0.468. The number of hydrogen-bond donors (Lipinski definition) is 3. The number of carbonyl (C=O) groups excluding carboxylic acids is 2. The SMILES string of the molecule is O=C(O)CCSSCCNC(=O)c1cccc(NC(=O)c2cccnc2)c1. The lowest BCUT2D eigenvalue weighted by atomic mass is 10.1. The van der Waals surface area contributed by atoms with E-state index in [1.54, 1.807) is 42.6 Å². The molecule has 0 atom stereocenters. The lowest BCUT2D eigenvalue weighted by Gasteiger charge is -2.08. The molecule has 0 saturated carbocycles. The van der Waals surface area contributed by atoms with Crippen molar-refractivity contribution >= 4 is 45.1 Å². The molecule has 1 heterocycles. The molecule has 1 aromatic heterocycles. The Kier molecular flexibility index (Phi) is 8.66. The number of amides is 2. The highest BCUT2D eigenvalue weighted by Gasteiger charge is 2.09. The van der Waals surface area contributed by atoms with Gasteiger partial charge in [0.2, 0.25) is 0 Å². The van der Waals surface area contributed by atoms with Crippen LogP contribution in [0.2, 0.25) is 0 Å². The van der Waals surface area contributed by atoms with Crippen molar-refractivity contribution in [1.29, 1.82) is 0 Å². The number of aliphatic carboxylic acids is 1. The Morgan fingerprint density at radius 1 is 1.00 bits per heavy atom. The first-order valence-electron chi connectivity index (χ1n) is 8.12. The van der Waals surface area contributed by atoms with Crippen LogP contribution in [-0.2, 0) is 4.79 Å². The number of nitrogens with one attached hydrogen (secondary N) is 2. The minimum Gasteiger partial charge on any atom is -0.481 e. The molecule has 0 aliphatic rings. The van der Waals surface area contributed by atoms with Gasteiger partial charge in [-0.05, 0) is 30.3 Å². The zero-order chi connectivity index (χ0) is 19.5. The lowest BCUT2D eigenvalue weighted by molar-refractivity contribution is -0.136. The van der Waals surface area contributed by atoms with E-state index in [1.807, 2.05) is 0 Å². The van der Waals surface area contributed by atoms with Gasteiger partial charge in [0.1, 0.15) is 0 Å². The molecule has 3 N–H and O–H groups in total. The smallest absolute Gasteiger partial charge is 0.304 e. The van der Waals surface area contributed by atoms with Gasteiger partial charge in [-0.1, -0.05) is 27.7 Å². The number of benzene rings is 1. The Bertz CT molecular complexity index is 787. The van der Waals surface area contributed by atoms with E-state index in [0.29, 0.717) is 34.9 Å². The van der Waals surface area contributed by atoms with Crippen LogP contribution in [-0.4, -0.2) is 45.9 Å². The average Bonchev–Trinajstić information content (AvgIpc) is 2.67. The molecule has 0 bridgehead atoms. The molecule has 1 aromatic carbocycles. The standard InChI is InChI=1S/C18H19N3O4S2/c22-16(23)6-9-26-27-10-8-20-17(24)13-3-1-5-15(11-13)21-18(25)14-4-2-7-19-12-14/h1-5,7,11-12H,6,8-10H2,(H,20,24)(H,21,25)(H,22,23). The Morgan fingerprint density at radius 2 is 1.78 bits per heavy atom. The van der Waals surface area contributed by atoms with Gasteiger partial charge in [0, 0.05) is 41.7 Å². The summed E-state index contributed by atoms with van der Waals surface area (Å²) in [7, 11) is 2.99. The number of pyridine rings is 1. The Balaban J connectivity index is 1.78. The summed E-state index contributed by atoms with van der Waals surface area (Å²) < 4.78 is 0. The number of hydrogen-bond acceptors (Lipinski definition) is 6. The van der Waals surface area contributed by atoms with Gasteiger partial charge >= 0.3 is 5.97 Å². The molecule has 2 rings (SSSR count). The first kappa shape index (κ1) is 20.8. The van der Waals surface area contributed by atoms with E-state index in [-0.39, 0.29) is 18.2 Å². The number of rotatable bonds is 10. The van der Waals surface area contributed by atoms with Gasteiger partial charge in [-0.2, -0.15) is 0 Å². The van der Waals surface area contributed by atoms with Crippen molar-refractivity contribution in [2.75, 3.05) is 23.4 Å². The largest absolute Gasteiger partial charge is 0.481 e. The van der Waals surface area contributed by atoms with Crippen molar-refractivity contribution in [3.8, 4) is 0 Å². The molecular formula is C18H19N3O4S2. The third-order valence-electron chi connectivity index (χ3n) is 3.26. The molecule has 9 heteroatoms. The molecule has 0 unspecified atom stereocenters. The number of aromatic nitrogens is 1. The van der Waals surface area contributed by atoms with Gasteiger partial charge < -0.3 is 15.7 Å². The monoisotopic (exact) mass is 405 g/mol. The van der Waals surface area contributed by atoms with Crippen LogP contribution in [0, 0.1) is 0 Å². The molecule has 0 aliphatic carbocycles.